The molecule has 1 fully saturated rings. The maximum absolute atomic E-state index is 13.5. The van der Waals surface area contributed by atoms with Crippen LogP contribution in [0.5, 0.6) is 0 Å². The van der Waals surface area contributed by atoms with Gasteiger partial charge in [0.1, 0.15) is 0 Å². The van der Waals surface area contributed by atoms with Crippen molar-refractivity contribution in [1.29, 1.82) is 0 Å². The van der Waals surface area contributed by atoms with Crippen molar-refractivity contribution in [3.63, 3.8) is 0 Å². The minimum atomic E-state index is -0.0551. The Labute approximate surface area is 209 Å². The fraction of sp³-hybridized carbons (Fsp3) is 0.250. The molecule has 2 aliphatic rings. The van der Waals surface area contributed by atoms with Crippen molar-refractivity contribution in [2.45, 2.75) is 13.0 Å². The third-order valence-electron chi connectivity index (χ3n) is 7.04. The minimum absolute atomic E-state index is 0.0551. The molecular formula is C28H26ClN5O. The summed E-state index contributed by atoms with van der Waals surface area (Å²) < 4.78 is 0. The van der Waals surface area contributed by atoms with Gasteiger partial charge in [0.15, 0.2) is 11.5 Å². The molecule has 0 aliphatic carbocycles. The molecule has 0 unspecified atom stereocenters. The van der Waals surface area contributed by atoms with E-state index in [1.165, 1.54) is 11.1 Å². The summed E-state index contributed by atoms with van der Waals surface area (Å²) >= 11 is 6.19. The molecule has 0 spiro atoms. The van der Waals surface area contributed by atoms with E-state index in [4.69, 9.17) is 11.6 Å². The van der Waals surface area contributed by atoms with Crippen LogP contribution < -0.4 is 9.80 Å². The number of hydrogen-bond donors (Lipinski definition) is 0. The van der Waals surface area contributed by atoms with E-state index < -0.39 is 0 Å². The van der Waals surface area contributed by atoms with Crippen LogP contribution in [0.25, 0.3) is 10.8 Å². The Kier molecular flexibility index (Phi) is 5.74. The number of hydrogen-bond acceptors (Lipinski definition) is 5. The monoisotopic (exact) mass is 483 g/mol. The number of rotatable bonds is 3. The first kappa shape index (κ1) is 21.9. The smallest absolute Gasteiger partial charge is 0.275 e. The fourth-order valence-electron chi connectivity index (χ4n) is 5.15. The van der Waals surface area contributed by atoms with E-state index in [9.17, 15) is 4.79 Å². The van der Waals surface area contributed by atoms with E-state index in [0.29, 0.717) is 18.8 Å². The maximum Gasteiger partial charge on any atom is 0.275 e. The molecule has 176 valence electrons. The van der Waals surface area contributed by atoms with Crippen molar-refractivity contribution >= 4 is 39.8 Å². The summed E-state index contributed by atoms with van der Waals surface area (Å²) in [6.45, 7) is 4.68. The Balaban J connectivity index is 1.25. The Bertz CT molecular complexity index is 1400. The highest BCUT2D eigenvalue weighted by molar-refractivity contribution is 6.30. The van der Waals surface area contributed by atoms with Gasteiger partial charge in [-0.3, -0.25) is 4.79 Å². The predicted molar refractivity (Wildman–Crippen MR) is 140 cm³/mol. The molecule has 7 heteroatoms. The zero-order valence-electron chi connectivity index (χ0n) is 19.4. The second-order valence-corrected chi connectivity index (χ2v) is 9.55. The molecule has 0 bridgehead atoms. The van der Waals surface area contributed by atoms with E-state index in [1.54, 1.807) is 0 Å². The van der Waals surface area contributed by atoms with Gasteiger partial charge in [0.05, 0.1) is 0 Å². The summed E-state index contributed by atoms with van der Waals surface area (Å²) in [6, 6.07) is 24.3. The summed E-state index contributed by atoms with van der Waals surface area (Å²) in [7, 11) is 0. The minimum Gasteiger partial charge on any atom is -0.368 e. The third kappa shape index (κ3) is 4.19. The van der Waals surface area contributed by atoms with Crippen LogP contribution in [0.4, 0.5) is 11.5 Å². The molecule has 1 amide bonds. The standard InChI is InChI=1S/C28H26ClN5O/c29-22-8-5-9-23(18-22)32-14-16-33(17-15-32)27-25-11-4-3-10-24(25)26(30-31-27)28(35)34-13-12-20-6-1-2-7-21(20)19-34/h1-11,18H,12-17,19H2. The van der Waals surface area contributed by atoms with Gasteiger partial charge >= 0.3 is 0 Å². The Morgan fingerprint density at radius 1 is 0.743 bits per heavy atom. The van der Waals surface area contributed by atoms with Crippen molar-refractivity contribution in [2.24, 2.45) is 0 Å². The van der Waals surface area contributed by atoms with Crippen molar-refractivity contribution < 1.29 is 4.79 Å². The highest BCUT2D eigenvalue weighted by Crippen LogP contribution is 2.29. The lowest BCUT2D eigenvalue weighted by Crippen LogP contribution is -2.47. The maximum atomic E-state index is 13.5. The lowest BCUT2D eigenvalue weighted by atomic mass is 9.99. The van der Waals surface area contributed by atoms with E-state index in [1.807, 2.05) is 53.4 Å². The summed E-state index contributed by atoms with van der Waals surface area (Å²) in [5.74, 6) is 0.785. The van der Waals surface area contributed by atoms with Gasteiger partial charge in [-0.2, -0.15) is 0 Å². The second kappa shape index (κ2) is 9.19. The second-order valence-electron chi connectivity index (χ2n) is 9.12. The number of nitrogens with zero attached hydrogens (tertiary/aromatic N) is 5. The van der Waals surface area contributed by atoms with Crippen LogP contribution in [-0.4, -0.2) is 53.7 Å². The first-order valence-electron chi connectivity index (χ1n) is 12.0. The molecule has 2 aliphatic heterocycles. The van der Waals surface area contributed by atoms with Crippen LogP contribution in [0, 0.1) is 0 Å². The van der Waals surface area contributed by atoms with Crippen molar-refractivity contribution in [3.8, 4) is 0 Å². The number of carbonyl (C=O) groups is 1. The average molecular weight is 484 g/mol. The molecule has 3 aromatic carbocycles. The molecule has 0 radical (unpaired) electrons. The van der Waals surface area contributed by atoms with Crippen LogP contribution >= 0.6 is 11.6 Å². The van der Waals surface area contributed by atoms with Crippen LogP contribution in [0.2, 0.25) is 5.02 Å². The number of carbonyl (C=O) groups excluding carboxylic acids is 1. The molecule has 0 atom stereocenters. The quantitative estimate of drug-likeness (QED) is 0.418. The lowest BCUT2D eigenvalue weighted by molar-refractivity contribution is 0.0730. The number of aromatic nitrogens is 2. The molecule has 1 aromatic heterocycles. The number of anilines is 2. The molecule has 1 saturated heterocycles. The zero-order valence-corrected chi connectivity index (χ0v) is 20.2. The average Bonchev–Trinajstić information content (AvgIpc) is 2.92. The summed E-state index contributed by atoms with van der Waals surface area (Å²) in [5.41, 5.74) is 4.09. The number of amides is 1. The Hall–Kier alpha value is -3.64. The number of halogens is 1. The van der Waals surface area contributed by atoms with Crippen LogP contribution in [-0.2, 0) is 13.0 Å². The van der Waals surface area contributed by atoms with Gasteiger partial charge in [0, 0.05) is 60.8 Å². The van der Waals surface area contributed by atoms with Gasteiger partial charge in [-0.15, -0.1) is 10.2 Å². The Morgan fingerprint density at radius 3 is 2.26 bits per heavy atom. The number of piperazine rings is 1. The topological polar surface area (TPSA) is 52.6 Å². The highest BCUT2D eigenvalue weighted by Gasteiger charge is 2.27. The van der Waals surface area contributed by atoms with E-state index in [2.05, 4.69) is 44.3 Å². The lowest BCUT2D eigenvalue weighted by Gasteiger charge is -2.37. The van der Waals surface area contributed by atoms with Crippen molar-refractivity contribution in [1.82, 2.24) is 15.1 Å². The predicted octanol–water partition coefficient (Wildman–Crippen LogP) is 4.81. The van der Waals surface area contributed by atoms with Gasteiger partial charge in [0.2, 0.25) is 0 Å². The Morgan fingerprint density at radius 2 is 1.46 bits per heavy atom. The van der Waals surface area contributed by atoms with Crippen LogP contribution in [0.1, 0.15) is 21.6 Å². The first-order valence-corrected chi connectivity index (χ1v) is 12.4. The van der Waals surface area contributed by atoms with Gasteiger partial charge in [0.25, 0.3) is 5.91 Å². The van der Waals surface area contributed by atoms with Crippen molar-refractivity contribution in [2.75, 3.05) is 42.5 Å². The molecule has 6 rings (SSSR count). The largest absolute Gasteiger partial charge is 0.368 e. The van der Waals surface area contributed by atoms with Gasteiger partial charge in [-0.05, 0) is 35.7 Å². The zero-order chi connectivity index (χ0) is 23.8. The van der Waals surface area contributed by atoms with E-state index in [0.717, 1.165) is 59.9 Å². The van der Waals surface area contributed by atoms with E-state index >= 15 is 0 Å². The molecule has 4 aromatic rings. The van der Waals surface area contributed by atoms with E-state index in [-0.39, 0.29) is 5.91 Å². The number of benzene rings is 3. The van der Waals surface area contributed by atoms with Gasteiger partial charge in [-0.1, -0.05) is 66.2 Å². The van der Waals surface area contributed by atoms with Crippen LogP contribution in [0.3, 0.4) is 0 Å². The molecule has 0 saturated carbocycles. The molecule has 35 heavy (non-hydrogen) atoms. The van der Waals surface area contributed by atoms with Crippen LogP contribution in [0.15, 0.2) is 72.8 Å². The molecule has 6 nitrogen and oxygen atoms in total. The summed E-state index contributed by atoms with van der Waals surface area (Å²) in [6.07, 6.45) is 0.863. The normalized spacial score (nSPS) is 15.9. The summed E-state index contributed by atoms with van der Waals surface area (Å²) in [5, 5.41) is 11.7. The van der Waals surface area contributed by atoms with Gasteiger partial charge in [-0.25, -0.2) is 0 Å². The molecular weight excluding hydrogens is 458 g/mol. The molecule has 3 heterocycles. The SMILES string of the molecule is O=C(c1nnc(N2CCN(c3cccc(Cl)c3)CC2)c2ccccc12)N1CCc2ccccc2C1. The molecule has 0 N–H and O–H groups in total. The van der Waals surface area contributed by atoms with Crippen molar-refractivity contribution in [3.05, 3.63) is 94.6 Å². The van der Waals surface area contributed by atoms with Gasteiger partial charge < -0.3 is 14.7 Å². The summed E-state index contributed by atoms with van der Waals surface area (Å²) in [4.78, 5) is 20.0. The highest BCUT2D eigenvalue weighted by atomic mass is 35.5. The third-order valence-corrected chi connectivity index (χ3v) is 7.28. The number of fused-ring (bicyclic) bond motifs is 2. The first-order chi connectivity index (χ1) is 17.2. The fourth-order valence-corrected chi connectivity index (χ4v) is 5.33.